The van der Waals surface area contributed by atoms with Crippen LogP contribution >= 0.6 is 11.6 Å². The molecule has 0 aliphatic carbocycles. The molecule has 0 heterocycles. The highest BCUT2D eigenvalue weighted by atomic mass is 35.5. The normalized spacial score (nSPS) is 11.5. The summed E-state index contributed by atoms with van der Waals surface area (Å²) in [4.78, 5) is 12.4. The maximum atomic E-state index is 13.6. The summed E-state index contributed by atoms with van der Waals surface area (Å²) in [6.45, 7) is 6.37. The monoisotopic (exact) mass is 469 g/mol. The zero-order valence-electron chi connectivity index (χ0n) is 18.3. The van der Waals surface area contributed by atoms with Gasteiger partial charge in [-0.1, -0.05) is 24.3 Å². The number of rotatable bonds is 10. The molecule has 5 N–H and O–H groups in total. The number of nitrogens with two attached hydrogens (primary N) is 1. The molecule has 0 radical (unpaired) electrons. The third-order valence-corrected chi connectivity index (χ3v) is 4.64. The molecular weight excluding hydrogens is 445 g/mol. The van der Waals surface area contributed by atoms with Crippen LogP contribution in [0.3, 0.4) is 0 Å². The molecule has 172 valence electrons. The van der Waals surface area contributed by atoms with E-state index in [4.69, 9.17) is 22.1 Å². The van der Waals surface area contributed by atoms with Crippen molar-refractivity contribution in [3.8, 4) is 11.8 Å². The first kappa shape index (κ1) is 25.5. The van der Waals surface area contributed by atoms with Crippen molar-refractivity contribution in [2.75, 3.05) is 36.6 Å². The van der Waals surface area contributed by atoms with Crippen LogP contribution in [0.25, 0.3) is 5.70 Å². The minimum Gasteiger partial charge on any atom is -0.492 e. The van der Waals surface area contributed by atoms with E-state index >= 15 is 0 Å². The molecule has 0 unspecified atom stereocenters. The third-order valence-electron chi connectivity index (χ3n) is 4.35. The number of hydrogen-bond donors (Lipinski definition) is 4. The maximum Gasteiger partial charge on any atom is 0.248 e. The predicted molar refractivity (Wildman–Crippen MR) is 131 cm³/mol. The Bertz CT molecular complexity index is 1140. The van der Waals surface area contributed by atoms with E-state index < -0.39 is 5.82 Å². The maximum absolute atomic E-state index is 13.6. The summed E-state index contributed by atoms with van der Waals surface area (Å²) in [5, 5.41) is 18.3. The largest absolute Gasteiger partial charge is 0.492 e. The molecule has 0 fully saturated rings. The first-order valence-corrected chi connectivity index (χ1v) is 10.4. The molecule has 33 heavy (non-hydrogen) atoms. The van der Waals surface area contributed by atoms with Gasteiger partial charge >= 0.3 is 0 Å². The number of carbonyl (C=O) groups excluding carboxylic acids is 1. The number of nitriles is 1. The number of nitrogens with one attached hydrogen (secondary N) is 3. The summed E-state index contributed by atoms with van der Waals surface area (Å²) in [6, 6.07) is 9.27. The standard InChI is InChI=1S/C24H25ClFN5O2/c1-4-15(14-27)24(30-16-8-9-19(26)18(25)11-16)17-12-21(22(33-5-2)13-20(17)28)31-23(32)7-6-10-29-3/h4,6-9,11-13,29-30H,1,5,10,28H2,2-3H3,(H,31,32)/b7-6+,24-15-. The minimum atomic E-state index is -0.575. The number of ether oxygens (including phenoxy) is 1. The molecule has 0 bridgehead atoms. The van der Waals surface area contributed by atoms with Crippen molar-refractivity contribution < 1.29 is 13.9 Å². The van der Waals surface area contributed by atoms with Gasteiger partial charge in [0.25, 0.3) is 0 Å². The number of anilines is 3. The number of nitrogens with zero attached hydrogens (tertiary/aromatic N) is 1. The number of nitrogen functional groups attached to an aromatic ring is 1. The second kappa shape index (κ2) is 12.3. The van der Waals surface area contributed by atoms with Gasteiger partial charge in [-0.05, 0) is 44.3 Å². The van der Waals surface area contributed by atoms with Gasteiger partial charge in [-0.25, -0.2) is 4.39 Å². The van der Waals surface area contributed by atoms with Gasteiger partial charge in [0, 0.05) is 35.6 Å². The van der Waals surface area contributed by atoms with Crippen molar-refractivity contribution in [2.24, 2.45) is 0 Å². The topological polar surface area (TPSA) is 112 Å². The fourth-order valence-corrected chi connectivity index (χ4v) is 3.02. The number of likely N-dealkylation sites (N-methyl/N-ethyl adjacent to an activating group) is 1. The Morgan fingerprint density at radius 2 is 2.09 bits per heavy atom. The van der Waals surface area contributed by atoms with Crippen molar-refractivity contribution in [2.45, 2.75) is 6.92 Å². The second-order valence-corrected chi connectivity index (χ2v) is 7.08. The zero-order valence-corrected chi connectivity index (χ0v) is 19.1. The van der Waals surface area contributed by atoms with Gasteiger partial charge in [-0.15, -0.1) is 0 Å². The van der Waals surface area contributed by atoms with Gasteiger partial charge in [-0.3, -0.25) is 4.79 Å². The van der Waals surface area contributed by atoms with Crippen LogP contribution in [0.1, 0.15) is 12.5 Å². The molecule has 2 aromatic carbocycles. The van der Waals surface area contributed by atoms with Crippen LogP contribution in [0, 0.1) is 17.1 Å². The van der Waals surface area contributed by atoms with Crippen LogP contribution in [-0.2, 0) is 4.79 Å². The van der Waals surface area contributed by atoms with Gasteiger partial charge < -0.3 is 26.4 Å². The second-order valence-electron chi connectivity index (χ2n) is 6.68. The van der Waals surface area contributed by atoms with Crippen LogP contribution in [0.2, 0.25) is 5.02 Å². The lowest BCUT2D eigenvalue weighted by Gasteiger charge is -2.19. The number of benzene rings is 2. The van der Waals surface area contributed by atoms with Gasteiger partial charge in [0.15, 0.2) is 0 Å². The molecule has 0 spiro atoms. The Labute approximate surface area is 197 Å². The van der Waals surface area contributed by atoms with E-state index in [0.717, 1.165) is 0 Å². The first-order chi connectivity index (χ1) is 15.8. The lowest BCUT2D eigenvalue weighted by atomic mass is 10.0. The Morgan fingerprint density at radius 3 is 2.70 bits per heavy atom. The van der Waals surface area contributed by atoms with Gasteiger partial charge in [0.05, 0.1) is 28.6 Å². The van der Waals surface area contributed by atoms with Crippen LogP contribution in [0.5, 0.6) is 5.75 Å². The highest BCUT2D eigenvalue weighted by molar-refractivity contribution is 6.31. The third kappa shape index (κ3) is 6.84. The highest BCUT2D eigenvalue weighted by Gasteiger charge is 2.17. The Balaban J connectivity index is 2.59. The van der Waals surface area contributed by atoms with E-state index in [1.807, 2.05) is 0 Å². The predicted octanol–water partition coefficient (Wildman–Crippen LogP) is 4.71. The van der Waals surface area contributed by atoms with E-state index in [1.165, 1.54) is 30.4 Å². The van der Waals surface area contributed by atoms with Crippen LogP contribution < -0.4 is 26.4 Å². The molecule has 0 aliphatic rings. The average Bonchev–Trinajstić information content (AvgIpc) is 2.78. The molecule has 1 amide bonds. The number of carbonyl (C=O) groups is 1. The quantitative estimate of drug-likeness (QED) is 0.173. The van der Waals surface area contributed by atoms with E-state index in [9.17, 15) is 14.4 Å². The molecule has 2 rings (SSSR count). The number of allylic oxidation sites excluding steroid dienone is 2. The van der Waals surface area contributed by atoms with E-state index in [-0.39, 0.29) is 22.2 Å². The highest BCUT2D eigenvalue weighted by Crippen LogP contribution is 2.36. The fraction of sp³-hybridized carbons (Fsp3) is 0.167. The molecule has 0 saturated heterocycles. The van der Waals surface area contributed by atoms with Crippen LogP contribution in [0.15, 0.2) is 60.7 Å². The Hall–Kier alpha value is -3.80. The summed E-state index contributed by atoms with van der Waals surface area (Å²) in [5.41, 5.74) is 8.25. The number of amides is 1. The molecule has 7 nitrogen and oxygen atoms in total. The first-order valence-electron chi connectivity index (χ1n) is 10.0. The molecule has 0 aliphatic heterocycles. The van der Waals surface area contributed by atoms with Crippen LogP contribution in [-0.4, -0.2) is 26.1 Å². The van der Waals surface area contributed by atoms with E-state index in [0.29, 0.717) is 41.5 Å². The minimum absolute atomic E-state index is 0.0857. The number of halogens is 2. The molecule has 0 aromatic heterocycles. The van der Waals surface area contributed by atoms with Gasteiger partial charge in [0.2, 0.25) is 5.91 Å². The summed E-state index contributed by atoms with van der Waals surface area (Å²) < 4.78 is 19.2. The summed E-state index contributed by atoms with van der Waals surface area (Å²) >= 11 is 5.90. The number of hydrogen-bond acceptors (Lipinski definition) is 6. The zero-order chi connectivity index (χ0) is 24.4. The molecule has 2 aromatic rings. The smallest absolute Gasteiger partial charge is 0.248 e. The summed E-state index contributed by atoms with van der Waals surface area (Å²) in [5.74, 6) is -0.570. The van der Waals surface area contributed by atoms with Crippen molar-refractivity contribution >= 4 is 40.3 Å². The van der Waals surface area contributed by atoms with Crippen molar-refractivity contribution in [3.05, 3.63) is 77.1 Å². The lowest BCUT2D eigenvalue weighted by Crippen LogP contribution is -2.13. The van der Waals surface area contributed by atoms with Crippen molar-refractivity contribution in [1.82, 2.24) is 5.32 Å². The molecular formula is C24H25ClFN5O2. The summed E-state index contributed by atoms with van der Waals surface area (Å²) in [6.07, 6.45) is 4.43. The van der Waals surface area contributed by atoms with Crippen LogP contribution in [0.4, 0.5) is 21.5 Å². The average molecular weight is 470 g/mol. The van der Waals surface area contributed by atoms with Crippen molar-refractivity contribution in [3.63, 3.8) is 0 Å². The Morgan fingerprint density at radius 1 is 1.33 bits per heavy atom. The SMILES string of the molecule is C=C/C(C#N)=C(/Nc1ccc(F)c(Cl)c1)c1cc(NC(=O)/C=C/CNC)c(OCC)cc1N. The lowest BCUT2D eigenvalue weighted by molar-refractivity contribution is -0.111. The summed E-state index contributed by atoms with van der Waals surface area (Å²) in [7, 11) is 1.77. The molecule has 9 heteroatoms. The van der Waals surface area contributed by atoms with E-state index in [1.54, 1.807) is 32.2 Å². The van der Waals surface area contributed by atoms with Crippen molar-refractivity contribution in [1.29, 1.82) is 5.26 Å². The Kier molecular flexibility index (Phi) is 9.48. The molecule has 0 atom stereocenters. The van der Waals surface area contributed by atoms with Gasteiger partial charge in [-0.2, -0.15) is 5.26 Å². The molecule has 0 saturated carbocycles. The van der Waals surface area contributed by atoms with E-state index in [2.05, 4.69) is 28.6 Å². The fourth-order valence-electron chi connectivity index (χ4n) is 2.84. The van der Waals surface area contributed by atoms with Gasteiger partial charge in [0.1, 0.15) is 17.6 Å².